The maximum absolute atomic E-state index is 13.4. The number of carbonyl (C=O) groups is 1. The molecular weight excluding hydrogens is 379 g/mol. The summed E-state index contributed by atoms with van der Waals surface area (Å²) in [7, 11) is 0. The molecule has 1 atom stereocenters. The molecule has 1 aliphatic heterocycles. The average Bonchev–Trinajstić information content (AvgIpc) is 3.08. The molecule has 0 radical (unpaired) electrons. The Balaban J connectivity index is 1.46. The van der Waals surface area contributed by atoms with Crippen molar-refractivity contribution in [1.82, 2.24) is 14.9 Å². The van der Waals surface area contributed by atoms with Crippen molar-refractivity contribution in [1.29, 1.82) is 0 Å². The number of halogens is 2. The molecule has 1 N–H and O–H groups in total. The number of anilines is 1. The number of hydrogen-bond donors (Lipinski definition) is 1. The molecule has 0 amide bonds. The number of alkyl halides is 1. The van der Waals surface area contributed by atoms with Gasteiger partial charge in [0.25, 0.3) is 0 Å². The molecule has 0 bridgehead atoms. The number of fused-ring (bicyclic) bond motifs is 1. The van der Waals surface area contributed by atoms with Crippen LogP contribution in [0.4, 0.5) is 10.1 Å². The summed E-state index contributed by atoms with van der Waals surface area (Å²) >= 11 is 6.09. The fraction of sp³-hybridized carbons (Fsp3) is 0.571. The molecule has 5 nitrogen and oxygen atoms in total. The van der Waals surface area contributed by atoms with Crippen molar-refractivity contribution in [2.75, 3.05) is 25.0 Å². The van der Waals surface area contributed by atoms with Crippen LogP contribution in [0.5, 0.6) is 0 Å². The molecule has 150 valence electrons. The zero-order valence-electron chi connectivity index (χ0n) is 16.1. The van der Waals surface area contributed by atoms with Gasteiger partial charge in [-0.1, -0.05) is 11.6 Å². The third-order valence-corrected chi connectivity index (χ3v) is 6.20. The first-order valence-corrected chi connectivity index (χ1v) is 10.5. The van der Waals surface area contributed by atoms with Gasteiger partial charge in [0.05, 0.1) is 16.8 Å². The summed E-state index contributed by atoms with van der Waals surface area (Å²) < 4.78 is 13.4. The lowest BCUT2D eigenvalue weighted by Crippen LogP contribution is -2.33. The molecule has 1 unspecified atom stereocenters. The van der Waals surface area contributed by atoms with E-state index in [4.69, 9.17) is 11.6 Å². The highest BCUT2D eigenvalue weighted by Crippen LogP contribution is 2.32. The Labute approximate surface area is 169 Å². The molecule has 2 fully saturated rings. The van der Waals surface area contributed by atoms with E-state index in [1.807, 2.05) is 6.07 Å². The van der Waals surface area contributed by atoms with Crippen molar-refractivity contribution in [2.45, 2.75) is 51.2 Å². The normalized spacial score (nSPS) is 25.9. The van der Waals surface area contributed by atoms with E-state index < -0.39 is 6.17 Å². The Hall–Kier alpha value is -1.79. The zero-order valence-corrected chi connectivity index (χ0v) is 16.9. The van der Waals surface area contributed by atoms with Crippen molar-refractivity contribution in [2.24, 2.45) is 5.92 Å². The van der Waals surface area contributed by atoms with Crippen molar-refractivity contribution >= 4 is 34.1 Å². The van der Waals surface area contributed by atoms with Gasteiger partial charge in [0, 0.05) is 31.9 Å². The topological polar surface area (TPSA) is 58.1 Å². The Morgan fingerprint density at radius 3 is 2.75 bits per heavy atom. The van der Waals surface area contributed by atoms with Crippen LogP contribution in [0.15, 0.2) is 18.3 Å². The molecule has 1 saturated heterocycles. The lowest BCUT2D eigenvalue weighted by Gasteiger charge is -2.32. The zero-order chi connectivity index (χ0) is 19.7. The maximum atomic E-state index is 13.4. The lowest BCUT2D eigenvalue weighted by molar-refractivity contribution is 0.101. The van der Waals surface area contributed by atoms with E-state index in [9.17, 15) is 9.18 Å². The van der Waals surface area contributed by atoms with Gasteiger partial charge in [-0.2, -0.15) is 0 Å². The van der Waals surface area contributed by atoms with Gasteiger partial charge in [-0.25, -0.2) is 9.37 Å². The lowest BCUT2D eigenvalue weighted by atomic mass is 9.85. The minimum atomic E-state index is -0.651. The minimum absolute atomic E-state index is 0.0397. The second-order valence-electron chi connectivity index (χ2n) is 8.11. The van der Waals surface area contributed by atoms with Crippen LogP contribution in [0, 0.1) is 5.92 Å². The summed E-state index contributed by atoms with van der Waals surface area (Å²) in [6.45, 7) is 4.02. The van der Waals surface area contributed by atoms with E-state index in [0.717, 1.165) is 50.0 Å². The Bertz CT molecular complexity index is 869. The van der Waals surface area contributed by atoms with Crippen molar-refractivity contribution in [3.8, 4) is 0 Å². The minimum Gasteiger partial charge on any atom is -0.380 e. The van der Waals surface area contributed by atoms with Crippen LogP contribution in [0.2, 0.25) is 5.15 Å². The van der Waals surface area contributed by atoms with Crippen LogP contribution in [-0.4, -0.2) is 52.5 Å². The average molecular weight is 405 g/mol. The molecule has 2 aromatic heterocycles. The molecular formula is C21H26ClFN4O. The second kappa shape index (κ2) is 8.29. The molecule has 4 rings (SSSR count). The number of nitrogens with one attached hydrogen (secondary N) is 1. The molecule has 2 aliphatic rings. The van der Waals surface area contributed by atoms with Crippen molar-refractivity contribution in [3.63, 3.8) is 0 Å². The third kappa shape index (κ3) is 4.28. The first kappa shape index (κ1) is 19.5. The molecule has 28 heavy (non-hydrogen) atoms. The summed E-state index contributed by atoms with van der Waals surface area (Å²) in [5.41, 5.74) is 2.66. The van der Waals surface area contributed by atoms with Crippen LogP contribution >= 0.6 is 11.6 Å². The van der Waals surface area contributed by atoms with Crippen LogP contribution in [0.1, 0.15) is 49.4 Å². The fourth-order valence-corrected chi connectivity index (χ4v) is 4.61. The van der Waals surface area contributed by atoms with E-state index in [0.29, 0.717) is 35.1 Å². The summed E-state index contributed by atoms with van der Waals surface area (Å²) in [6, 6.07) is 3.82. The van der Waals surface area contributed by atoms with E-state index in [1.165, 1.54) is 0 Å². The number of nitrogens with zero attached hydrogens (tertiary/aromatic N) is 3. The van der Waals surface area contributed by atoms with Gasteiger partial charge in [-0.15, -0.1) is 0 Å². The molecule has 3 heterocycles. The summed E-state index contributed by atoms with van der Waals surface area (Å²) in [5.74, 6) is 0.583. The van der Waals surface area contributed by atoms with Crippen LogP contribution < -0.4 is 5.32 Å². The number of likely N-dealkylation sites (tertiary alicyclic amines) is 1. The van der Waals surface area contributed by atoms with E-state index >= 15 is 0 Å². The van der Waals surface area contributed by atoms with Gasteiger partial charge >= 0.3 is 0 Å². The first-order chi connectivity index (χ1) is 13.5. The molecule has 0 spiro atoms. The molecule has 1 saturated carbocycles. The maximum Gasteiger partial charge on any atom is 0.163 e. The van der Waals surface area contributed by atoms with Crippen molar-refractivity contribution in [3.05, 3.63) is 29.0 Å². The predicted octanol–water partition coefficient (Wildman–Crippen LogP) is 4.50. The second-order valence-corrected chi connectivity index (χ2v) is 8.50. The van der Waals surface area contributed by atoms with E-state index in [1.54, 1.807) is 19.2 Å². The van der Waals surface area contributed by atoms with Crippen molar-refractivity contribution < 1.29 is 9.18 Å². The van der Waals surface area contributed by atoms with Crippen LogP contribution in [0.3, 0.4) is 0 Å². The Morgan fingerprint density at radius 2 is 2.07 bits per heavy atom. The van der Waals surface area contributed by atoms with Gasteiger partial charge in [0.15, 0.2) is 5.78 Å². The smallest absolute Gasteiger partial charge is 0.163 e. The fourth-order valence-electron chi connectivity index (χ4n) is 4.47. The molecule has 2 aromatic rings. The highest BCUT2D eigenvalue weighted by Gasteiger charge is 2.28. The van der Waals surface area contributed by atoms with Gasteiger partial charge < -0.3 is 10.2 Å². The van der Waals surface area contributed by atoms with Gasteiger partial charge in [-0.05, 0) is 57.1 Å². The standard InChI is InChI=1S/C21H26ClFN4O/c1-13(28)17-10-24-18-6-7-19(22)26-21(18)20(17)25-16-4-2-14(3-5-16)11-27-9-8-15(23)12-27/h6-7,10,14-16H,2-5,8-9,11-12H2,1H3,(H,24,25). The molecule has 0 aromatic carbocycles. The number of carbonyl (C=O) groups excluding carboxylic acids is 1. The van der Waals surface area contributed by atoms with E-state index in [-0.39, 0.29) is 11.8 Å². The van der Waals surface area contributed by atoms with E-state index in [2.05, 4.69) is 20.2 Å². The summed E-state index contributed by atoms with van der Waals surface area (Å²) in [6.07, 6.45) is 5.92. The largest absolute Gasteiger partial charge is 0.380 e. The van der Waals surface area contributed by atoms with Gasteiger partial charge in [0.2, 0.25) is 0 Å². The summed E-state index contributed by atoms with van der Waals surface area (Å²) in [5, 5.41) is 3.95. The SMILES string of the molecule is CC(=O)c1cnc2ccc(Cl)nc2c1NC1CCC(CN2CCC(F)C2)CC1. The van der Waals surface area contributed by atoms with Gasteiger partial charge in [-0.3, -0.25) is 9.78 Å². The molecule has 1 aliphatic carbocycles. The Morgan fingerprint density at radius 1 is 1.29 bits per heavy atom. The highest BCUT2D eigenvalue weighted by atomic mass is 35.5. The number of aromatic nitrogens is 2. The Kier molecular flexibility index (Phi) is 5.78. The number of rotatable bonds is 5. The summed E-state index contributed by atoms with van der Waals surface area (Å²) in [4.78, 5) is 23.2. The monoisotopic (exact) mass is 404 g/mol. The predicted molar refractivity (Wildman–Crippen MR) is 110 cm³/mol. The molecule has 7 heteroatoms. The number of Topliss-reactive ketones (excluding diaryl/α,β-unsaturated/α-hetero) is 1. The quantitative estimate of drug-likeness (QED) is 0.587. The van der Waals surface area contributed by atoms with Crippen LogP contribution in [-0.2, 0) is 0 Å². The number of ketones is 1. The highest BCUT2D eigenvalue weighted by molar-refractivity contribution is 6.30. The van der Waals surface area contributed by atoms with Gasteiger partial charge in [0.1, 0.15) is 16.8 Å². The number of hydrogen-bond acceptors (Lipinski definition) is 5. The first-order valence-electron chi connectivity index (χ1n) is 10.1. The van der Waals surface area contributed by atoms with Crippen LogP contribution in [0.25, 0.3) is 11.0 Å². The third-order valence-electron chi connectivity index (χ3n) is 5.98. The number of pyridine rings is 2.